The monoisotopic (exact) mass is 359 g/mol. The van der Waals surface area contributed by atoms with Crippen LogP contribution in [-0.4, -0.2) is 13.0 Å². The quantitative estimate of drug-likeness (QED) is 0.685. The average molecular weight is 360 g/mol. The van der Waals surface area contributed by atoms with Crippen LogP contribution in [-0.2, 0) is 16.9 Å². The number of sulfone groups is 1. The van der Waals surface area contributed by atoms with E-state index in [1.165, 1.54) is 0 Å². The van der Waals surface area contributed by atoms with Crippen LogP contribution >= 0.6 is 11.6 Å². The van der Waals surface area contributed by atoms with Crippen LogP contribution in [0, 0.1) is 6.92 Å². The van der Waals surface area contributed by atoms with E-state index in [9.17, 15) is 8.42 Å². The number of nitrogens with zero attached hydrogens (tertiary/aromatic N) is 1. The minimum absolute atomic E-state index is 0.314. The summed E-state index contributed by atoms with van der Waals surface area (Å²) in [5.41, 5.74) is 2.44. The van der Waals surface area contributed by atoms with Gasteiger partial charge in [0.1, 0.15) is 5.25 Å². The van der Waals surface area contributed by atoms with Crippen molar-refractivity contribution in [2.75, 3.05) is 0 Å². The molecule has 0 aliphatic heterocycles. The molecule has 3 rings (SSSR count). The summed E-state index contributed by atoms with van der Waals surface area (Å²) in [6.07, 6.45) is 1.85. The van der Waals surface area contributed by atoms with Gasteiger partial charge in [0.05, 0.1) is 4.90 Å². The molecule has 0 fully saturated rings. The van der Waals surface area contributed by atoms with Gasteiger partial charge in [-0.15, -0.1) is 0 Å². The molecule has 2 aromatic carbocycles. The van der Waals surface area contributed by atoms with Gasteiger partial charge in [-0.05, 0) is 48.9 Å². The van der Waals surface area contributed by atoms with Crippen molar-refractivity contribution in [1.82, 2.24) is 4.57 Å². The minimum Gasteiger partial charge on any atom is -0.353 e. The fourth-order valence-electron chi connectivity index (χ4n) is 2.76. The SMILES string of the molecule is Cc1ccc(S(=O)(=O)C(c2ccc(Cl)cc2)c2cccn2C)cc1. The Bertz CT molecular complexity index is 942. The first-order valence-corrected chi connectivity index (χ1v) is 9.49. The van der Waals surface area contributed by atoms with E-state index < -0.39 is 15.1 Å². The first-order chi connectivity index (χ1) is 11.4. The van der Waals surface area contributed by atoms with E-state index in [4.69, 9.17) is 11.6 Å². The Morgan fingerprint density at radius 2 is 1.58 bits per heavy atom. The molecule has 0 N–H and O–H groups in total. The van der Waals surface area contributed by atoms with E-state index in [1.54, 1.807) is 36.4 Å². The number of hydrogen-bond acceptors (Lipinski definition) is 2. The second kappa shape index (κ2) is 6.46. The highest BCUT2D eigenvalue weighted by molar-refractivity contribution is 7.91. The average Bonchev–Trinajstić information content (AvgIpc) is 2.95. The van der Waals surface area contributed by atoms with Crippen molar-refractivity contribution in [2.45, 2.75) is 17.1 Å². The van der Waals surface area contributed by atoms with Gasteiger partial charge >= 0.3 is 0 Å². The predicted molar refractivity (Wildman–Crippen MR) is 97.1 cm³/mol. The van der Waals surface area contributed by atoms with E-state index >= 15 is 0 Å². The zero-order chi connectivity index (χ0) is 17.3. The second-order valence-corrected chi connectivity index (χ2v) is 8.30. The lowest BCUT2D eigenvalue weighted by atomic mass is 10.1. The number of halogens is 1. The Morgan fingerprint density at radius 3 is 2.12 bits per heavy atom. The van der Waals surface area contributed by atoms with Crippen molar-refractivity contribution in [3.8, 4) is 0 Å². The lowest BCUT2D eigenvalue weighted by molar-refractivity contribution is 0.586. The van der Waals surface area contributed by atoms with Crippen LogP contribution in [0.3, 0.4) is 0 Å². The Balaban J connectivity index is 2.19. The lowest BCUT2D eigenvalue weighted by Crippen LogP contribution is -2.17. The molecule has 0 radical (unpaired) electrons. The summed E-state index contributed by atoms with van der Waals surface area (Å²) < 4.78 is 28.5. The Morgan fingerprint density at radius 1 is 0.958 bits per heavy atom. The topological polar surface area (TPSA) is 39.1 Å². The summed E-state index contributed by atoms with van der Waals surface area (Å²) in [5.74, 6) is 0. The van der Waals surface area contributed by atoms with Crippen LogP contribution in [0.5, 0.6) is 0 Å². The molecule has 124 valence electrons. The molecule has 5 heteroatoms. The van der Waals surface area contributed by atoms with Gasteiger partial charge in [0.2, 0.25) is 0 Å². The van der Waals surface area contributed by atoms with Crippen molar-refractivity contribution in [2.24, 2.45) is 7.05 Å². The van der Waals surface area contributed by atoms with E-state index in [2.05, 4.69) is 0 Å². The fourth-order valence-corrected chi connectivity index (χ4v) is 4.75. The maximum Gasteiger partial charge on any atom is 0.191 e. The summed E-state index contributed by atoms with van der Waals surface area (Å²) in [4.78, 5) is 0.314. The molecule has 24 heavy (non-hydrogen) atoms. The minimum atomic E-state index is -3.59. The zero-order valence-corrected chi connectivity index (χ0v) is 15.1. The molecule has 1 unspecified atom stereocenters. The molecule has 0 saturated heterocycles. The molecule has 3 nitrogen and oxygen atoms in total. The fraction of sp³-hybridized carbons (Fsp3) is 0.158. The van der Waals surface area contributed by atoms with Crippen LogP contribution in [0.15, 0.2) is 71.8 Å². The van der Waals surface area contributed by atoms with Crippen LogP contribution < -0.4 is 0 Å². The first-order valence-electron chi connectivity index (χ1n) is 7.57. The van der Waals surface area contributed by atoms with Crippen LogP contribution in [0.1, 0.15) is 22.1 Å². The summed E-state index contributed by atoms with van der Waals surface area (Å²) >= 11 is 5.97. The Labute approximate surface area is 147 Å². The number of aromatic nitrogens is 1. The van der Waals surface area contributed by atoms with Gasteiger partial charge < -0.3 is 4.57 Å². The summed E-state index contributed by atoms with van der Waals surface area (Å²) in [7, 11) is -1.74. The Kier molecular flexibility index (Phi) is 4.52. The molecular weight excluding hydrogens is 342 g/mol. The highest BCUT2D eigenvalue weighted by Gasteiger charge is 2.32. The third-order valence-corrected chi connectivity index (χ3v) is 6.40. The molecular formula is C19H18ClNO2S. The van der Waals surface area contributed by atoms with E-state index in [0.717, 1.165) is 11.3 Å². The standard InChI is InChI=1S/C19H18ClNO2S/c1-14-5-11-17(12-6-14)24(22,23)19(18-4-3-13-21(18)2)15-7-9-16(20)10-8-15/h3-13,19H,1-2H3. The molecule has 1 atom stereocenters. The first kappa shape index (κ1) is 16.8. The highest BCUT2D eigenvalue weighted by atomic mass is 35.5. The number of benzene rings is 2. The number of hydrogen-bond donors (Lipinski definition) is 0. The normalized spacial score (nSPS) is 13.0. The molecule has 0 aliphatic carbocycles. The van der Waals surface area contributed by atoms with E-state index in [-0.39, 0.29) is 0 Å². The largest absolute Gasteiger partial charge is 0.353 e. The molecule has 0 spiro atoms. The third-order valence-electron chi connectivity index (χ3n) is 4.09. The van der Waals surface area contributed by atoms with Gasteiger partial charge in [0.15, 0.2) is 9.84 Å². The van der Waals surface area contributed by atoms with Crippen molar-refractivity contribution in [3.05, 3.63) is 88.7 Å². The van der Waals surface area contributed by atoms with Gasteiger partial charge in [0, 0.05) is 24.0 Å². The number of rotatable bonds is 4. The van der Waals surface area contributed by atoms with Gasteiger partial charge in [-0.2, -0.15) is 0 Å². The second-order valence-electron chi connectivity index (χ2n) is 5.83. The van der Waals surface area contributed by atoms with Gasteiger partial charge in [-0.25, -0.2) is 8.42 Å². The van der Waals surface area contributed by atoms with Crippen molar-refractivity contribution in [3.63, 3.8) is 0 Å². The highest BCUT2D eigenvalue weighted by Crippen LogP contribution is 2.35. The van der Waals surface area contributed by atoms with Gasteiger partial charge in [-0.1, -0.05) is 41.4 Å². The molecule has 1 heterocycles. The maximum absolute atomic E-state index is 13.3. The molecule has 3 aromatic rings. The van der Waals surface area contributed by atoms with Crippen molar-refractivity contribution >= 4 is 21.4 Å². The summed E-state index contributed by atoms with van der Waals surface area (Å²) in [6, 6.07) is 17.6. The lowest BCUT2D eigenvalue weighted by Gasteiger charge is -2.20. The van der Waals surface area contributed by atoms with Crippen LogP contribution in [0.4, 0.5) is 0 Å². The van der Waals surface area contributed by atoms with E-state index in [1.807, 2.05) is 49.0 Å². The van der Waals surface area contributed by atoms with Crippen molar-refractivity contribution in [1.29, 1.82) is 0 Å². The molecule has 0 saturated carbocycles. The van der Waals surface area contributed by atoms with Gasteiger partial charge in [0.25, 0.3) is 0 Å². The van der Waals surface area contributed by atoms with Gasteiger partial charge in [-0.3, -0.25) is 0 Å². The Hall–Kier alpha value is -2.04. The summed E-state index contributed by atoms with van der Waals surface area (Å²) in [6.45, 7) is 1.93. The molecule has 0 amide bonds. The van der Waals surface area contributed by atoms with Crippen LogP contribution in [0.25, 0.3) is 0 Å². The van der Waals surface area contributed by atoms with Crippen LogP contribution in [0.2, 0.25) is 5.02 Å². The molecule has 0 bridgehead atoms. The maximum atomic E-state index is 13.3. The predicted octanol–water partition coefficient (Wildman–Crippen LogP) is 4.55. The molecule has 1 aromatic heterocycles. The number of aryl methyl sites for hydroxylation is 2. The van der Waals surface area contributed by atoms with E-state index in [0.29, 0.717) is 15.5 Å². The smallest absolute Gasteiger partial charge is 0.191 e. The zero-order valence-electron chi connectivity index (χ0n) is 13.5. The summed E-state index contributed by atoms with van der Waals surface area (Å²) in [5, 5.41) is -0.199. The van der Waals surface area contributed by atoms with Crippen molar-refractivity contribution < 1.29 is 8.42 Å². The molecule has 0 aliphatic rings. The third kappa shape index (κ3) is 3.12.